The van der Waals surface area contributed by atoms with Crippen molar-refractivity contribution in [1.82, 2.24) is 20.9 Å². The quantitative estimate of drug-likeness (QED) is 0.289. The number of carbonyl (C=O) groups excluding carboxylic acids is 2. The van der Waals surface area contributed by atoms with Gasteiger partial charge in [0, 0.05) is 53.0 Å². The monoisotopic (exact) mass is 542 g/mol. The first-order chi connectivity index (χ1) is 14.4. The van der Waals surface area contributed by atoms with Gasteiger partial charge < -0.3 is 25.8 Å². The van der Waals surface area contributed by atoms with E-state index in [0.717, 1.165) is 43.5 Å². The summed E-state index contributed by atoms with van der Waals surface area (Å²) in [5, 5.41) is 9.55. The van der Waals surface area contributed by atoms with E-state index in [1.165, 1.54) is 0 Å². The van der Waals surface area contributed by atoms with Crippen LogP contribution in [0.4, 0.5) is 5.69 Å². The van der Waals surface area contributed by atoms with Crippen molar-refractivity contribution in [1.29, 1.82) is 0 Å². The second-order valence-corrected chi connectivity index (χ2v) is 8.40. The molecule has 9 heteroatoms. The number of amides is 2. The van der Waals surface area contributed by atoms with Crippen LogP contribution < -0.4 is 20.9 Å². The van der Waals surface area contributed by atoms with E-state index in [2.05, 4.69) is 50.1 Å². The number of aliphatic imine (C=N–C) groups is 1. The molecule has 1 heterocycles. The van der Waals surface area contributed by atoms with Crippen molar-refractivity contribution in [2.24, 2.45) is 10.4 Å². The van der Waals surface area contributed by atoms with E-state index in [1.807, 2.05) is 14.1 Å². The molecule has 0 atom stereocenters. The maximum absolute atomic E-state index is 12.7. The van der Waals surface area contributed by atoms with Crippen molar-refractivity contribution in [2.75, 3.05) is 52.2 Å². The first-order valence-electron chi connectivity index (χ1n) is 10.7. The van der Waals surface area contributed by atoms with Crippen molar-refractivity contribution in [3.63, 3.8) is 0 Å². The molecular weight excluding hydrogens is 507 g/mol. The molecule has 31 heavy (non-hydrogen) atoms. The van der Waals surface area contributed by atoms with E-state index < -0.39 is 0 Å². The third kappa shape index (κ3) is 6.47. The predicted molar refractivity (Wildman–Crippen MR) is 135 cm³/mol. The molecule has 8 nitrogen and oxygen atoms in total. The molecule has 0 unspecified atom stereocenters. The summed E-state index contributed by atoms with van der Waals surface area (Å²) in [5.41, 5.74) is 1.85. The van der Waals surface area contributed by atoms with Gasteiger partial charge in [-0.15, -0.1) is 24.0 Å². The van der Waals surface area contributed by atoms with E-state index in [0.29, 0.717) is 32.1 Å². The van der Waals surface area contributed by atoms with Crippen LogP contribution in [0.15, 0.2) is 29.3 Å². The van der Waals surface area contributed by atoms with Gasteiger partial charge in [-0.2, -0.15) is 0 Å². The van der Waals surface area contributed by atoms with Crippen LogP contribution in [-0.4, -0.2) is 70.0 Å². The SMILES string of the molecule is CN=C(NCc1ccc(N2CCNC(=O)C2)cc1)NCC1(C(=O)N(C)C)CCCC1.I. The molecule has 1 aromatic rings. The van der Waals surface area contributed by atoms with Gasteiger partial charge in [0.05, 0.1) is 12.0 Å². The van der Waals surface area contributed by atoms with Crippen LogP contribution in [0, 0.1) is 5.41 Å². The fourth-order valence-electron chi connectivity index (χ4n) is 4.34. The molecular formula is C22H35IN6O2. The average Bonchev–Trinajstić information content (AvgIpc) is 3.23. The molecule has 3 N–H and O–H groups in total. The minimum Gasteiger partial charge on any atom is -0.360 e. The highest BCUT2D eigenvalue weighted by molar-refractivity contribution is 14.0. The van der Waals surface area contributed by atoms with Crippen LogP contribution in [0.1, 0.15) is 31.2 Å². The Labute approximate surface area is 202 Å². The van der Waals surface area contributed by atoms with Crippen molar-refractivity contribution in [3.8, 4) is 0 Å². The summed E-state index contributed by atoms with van der Waals surface area (Å²) in [6.45, 7) is 3.14. The zero-order valence-electron chi connectivity index (χ0n) is 18.7. The minimum absolute atomic E-state index is 0. The van der Waals surface area contributed by atoms with Gasteiger partial charge >= 0.3 is 0 Å². The topological polar surface area (TPSA) is 89.1 Å². The zero-order chi connectivity index (χ0) is 21.6. The first kappa shape index (κ1) is 25.2. The number of anilines is 1. The molecule has 3 rings (SSSR count). The van der Waals surface area contributed by atoms with Gasteiger partial charge in [0.15, 0.2) is 5.96 Å². The number of rotatable bonds is 6. The Morgan fingerprint density at radius 3 is 2.45 bits per heavy atom. The van der Waals surface area contributed by atoms with Gasteiger partial charge in [0.2, 0.25) is 11.8 Å². The van der Waals surface area contributed by atoms with Gasteiger partial charge in [-0.3, -0.25) is 14.6 Å². The number of carbonyl (C=O) groups is 2. The molecule has 2 fully saturated rings. The lowest BCUT2D eigenvalue weighted by Crippen LogP contribution is -2.49. The molecule has 1 aliphatic heterocycles. The molecule has 0 radical (unpaired) electrons. The number of piperazine rings is 1. The summed E-state index contributed by atoms with van der Waals surface area (Å²) >= 11 is 0. The van der Waals surface area contributed by atoms with E-state index >= 15 is 0 Å². The van der Waals surface area contributed by atoms with Crippen LogP contribution in [0.25, 0.3) is 0 Å². The largest absolute Gasteiger partial charge is 0.360 e. The van der Waals surface area contributed by atoms with Crippen LogP contribution in [0.3, 0.4) is 0 Å². The van der Waals surface area contributed by atoms with Crippen molar-refractivity contribution >= 4 is 47.4 Å². The lowest BCUT2D eigenvalue weighted by molar-refractivity contribution is -0.138. The number of hydrogen-bond acceptors (Lipinski definition) is 4. The second-order valence-electron chi connectivity index (χ2n) is 8.40. The summed E-state index contributed by atoms with van der Waals surface area (Å²) in [4.78, 5) is 32.4. The normalized spacial score (nSPS) is 18.1. The van der Waals surface area contributed by atoms with Crippen molar-refractivity contribution < 1.29 is 9.59 Å². The summed E-state index contributed by atoms with van der Waals surface area (Å²) in [6, 6.07) is 8.23. The maximum Gasteiger partial charge on any atom is 0.239 e. The third-order valence-corrected chi connectivity index (χ3v) is 6.04. The van der Waals surface area contributed by atoms with E-state index in [4.69, 9.17) is 0 Å². The highest BCUT2D eigenvalue weighted by atomic mass is 127. The van der Waals surface area contributed by atoms with Gasteiger partial charge in [-0.1, -0.05) is 25.0 Å². The molecule has 1 saturated heterocycles. The Balaban J connectivity index is 0.00000341. The number of nitrogens with zero attached hydrogens (tertiary/aromatic N) is 3. The molecule has 0 spiro atoms. The van der Waals surface area contributed by atoms with E-state index in [9.17, 15) is 9.59 Å². The van der Waals surface area contributed by atoms with E-state index in [-0.39, 0.29) is 41.2 Å². The molecule has 1 aromatic carbocycles. The summed E-state index contributed by atoms with van der Waals surface area (Å²) in [6.07, 6.45) is 4.03. The zero-order valence-corrected chi connectivity index (χ0v) is 21.1. The summed E-state index contributed by atoms with van der Waals surface area (Å²) in [5.74, 6) is 0.962. The number of benzene rings is 1. The van der Waals surface area contributed by atoms with Gasteiger partial charge in [0.1, 0.15) is 0 Å². The van der Waals surface area contributed by atoms with Gasteiger partial charge in [-0.05, 0) is 30.5 Å². The summed E-state index contributed by atoms with van der Waals surface area (Å²) in [7, 11) is 5.40. The Bertz CT molecular complexity index is 775. The second kappa shape index (κ2) is 11.5. The highest BCUT2D eigenvalue weighted by Gasteiger charge is 2.42. The highest BCUT2D eigenvalue weighted by Crippen LogP contribution is 2.38. The predicted octanol–water partition coefficient (Wildman–Crippen LogP) is 1.55. The molecule has 2 amide bonds. The smallest absolute Gasteiger partial charge is 0.239 e. The first-order valence-corrected chi connectivity index (χ1v) is 10.7. The third-order valence-electron chi connectivity index (χ3n) is 6.04. The lowest BCUT2D eigenvalue weighted by atomic mass is 9.84. The number of hydrogen-bond donors (Lipinski definition) is 3. The van der Waals surface area contributed by atoms with Crippen molar-refractivity contribution in [3.05, 3.63) is 29.8 Å². The van der Waals surface area contributed by atoms with Gasteiger partial charge in [0.25, 0.3) is 0 Å². The molecule has 0 aromatic heterocycles. The standard InChI is InChI=1S/C22H34N6O2.HI/c1-23-21(26-16-22(10-4-5-11-22)20(30)27(2)3)25-14-17-6-8-18(9-7-17)28-13-12-24-19(29)15-28;/h6-9H,4-5,10-16H2,1-3H3,(H,24,29)(H2,23,25,26);1H. The molecule has 2 aliphatic rings. The van der Waals surface area contributed by atoms with Crippen molar-refractivity contribution in [2.45, 2.75) is 32.2 Å². The average molecular weight is 542 g/mol. The fraction of sp³-hybridized carbons (Fsp3) is 0.591. The fourth-order valence-corrected chi connectivity index (χ4v) is 4.34. The lowest BCUT2D eigenvalue weighted by Gasteiger charge is -2.31. The van der Waals surface area contributed by atoms with Crippen LogP contribution in [0.5, 0.6) is 0 Å². The molecule has 1 aliphatic carbocycles. The Hall–Kier alpha value is -2.04. The minimum atomic E-state index is -0.330. The van der Waals surface area contributed by atoms with Crippen LogP contribution in [0.2, 0.25) is 0 Å². The molecule has 0 bridgehead atoms. The van der Waals surface area contributed by atoms with Crippen LogP contribution in [-0.2, 0) is 16.1 Å². The van der Waals surface area contributed by atoms with Gasteiger partial charge in [-0.25, -0.2) is 0 Å². The Morgan fingerprint density at radius 2 is 1.87 bits per heavy atom. The number of nitrogens with one attached hydrogen (secondary N) is 3. The Kier molecular flexibility index (Phi) is 9.39. The number of guanidine groups is 1. The summed E-state index contributed by atoms with van der Waals surface area (Å²) < 4.78 is 0. The maximum atomic E-state index is 12.7. The molecule has 172 valence electrons. The molecule has 1 saturated carbocycles. The van der Waals surface area contributed by atoms with E-state index in [1.54, 1.807) is 11.9 Å². The number of halogens is 1. The Morgan fingerprint density at radius 1 is 1.19 bits per heavy atom. The van der Waals surface area contributed by atoms with Crippen LogP contribution >= 0.6 is 24.0 Å².